The fourth-order valence-corrected chi connectivity index (χ4v) is 4.55. The number of thiophene rings is 1. The molecule has 0 aliphatic carbocycles. The highest BCUT2D eigenvalue weighted by Crippen LogP contribution is 2.36. The maximum Gasteiger partial charge on any atom is 0.234 e. The molecule has 0 saturated heterocycles. The molecule has 0 aliphatic heterocycles. The van der Waals surface area contributed by atoms with Gasteiger partial charge in [-0.15, -0.1) is 11.3 Å². The van der Waals surface area contributed by atoms with Crippen LogP contribution < -0.4 is 5.32 Å². The molecule has 0 fully saturated rings. The van der Waals surface area contributed by atoms with Crippen LogP contribution in [0.5, 0.6) is 0 Å². The van der Waals surface area contributed by atoms with E-state index in [9.17, 15) is 4.79 Å². The number of nitriles is 1. The molecule has 4 aromatic rings. The molecule has 5 nitrogen and oxygen atoms in total. The number of nitrogens with one attached hydrogen (secondary N) is 1. The Morgan fingerprint density at radius 1 is 1.11 bits per heavy atom. The van der Waals surface area contributed by atoms with Crippen LogP contribution in [0.15, 0.2) is 72.0 Å². The first kappa shape index (κ1) is 18.2. The third-order valence-corrected chi connectivity index (χ3v) is 6.11. The highest BCUT2D eigenvalue weighted by molar-refractivity contribution is 8.00. The minimum Gasteiger partial charge on any atom is -0.324 e. The van der Waals surface area contributed by atoms with Crippen molar-refractivity contribution in [2.24, 2.45) is 0 Å². The van der Waals surface area contributed by atoms with Gasteiger partial charge in [0.1, 0.15) is 22.3 Å². The Balaban J connectivity index is 1.51. The number of hydrogen-bond donors (Lipinski definition) is 1. The number of thioether (sulfide) groups is 1. The summed E-state index contributed by atoms with van der Waals surface area (Å²) in [6.45, 7) is 0. The third kappa shape index (κ3) is 3.88. The van der Waals surface area contributed by atoms with E-state index < -0.39 is 0 Å². The molecular weight excluding hydrogens is 388 g/mol. The van der Waals surface area contributed by atoms with Gasteiger partial charge in [-0.05, 0) is 23.8 Å². The average molecular weight is 403 g/mol. The molecule has 0 unspecified atom stereocenters. The lowest BCUT2D eigenvalue weighted by atomic mass is 10.2. The molecule has 136 valence electrons. The molecule has 0 bridgehead atoms. The predicted molar refractivity (Wildman–Crippen MR) is 113 cm³/mol. The van der Waals surface area contributed by atoms with E-state index in [1.54, 1.807) is 35.6 Å². The van der Waals surface area contributed by atoms with Gasteiger partial charge < -0.3 is 5.32 Å². The van der Waals surface area contributed by atoms with Gasteiger partial charge in [0.25, 0.3) is 0 Å². The van der Waals surface area contributed by atoms with Crippen LogP contribution in [0, 0.1) is 11.3 Å². The number of nitrogens with zero attached hydrogens (tertiary/aromatic N) is 3. The fourth-order valence-electron chi connectivity index (χ4n) is 2.70. The molecule has 0 atom stereocenters. The fraction of sp³-hybridized carbons (Fsp3) is 0.0476. The molecule has 1 amide bonds. The van der Waals surface area contributed by atoms with Gasteiger partial charge in [-0.2, -0.15) is 5.26 Å². The maximum atomic E-state index is 12.3. The number of aromatic nitrogens is 2. The van der Waals surface area contributed by atoms with Gasteiger partial charge in [-0.25, -0.2) is 9.97 Å². The zero-order valence-electron chi connectivity index (χ0n) is 14.6. The van der Waals surface area contributed by atoms with E-state index in [0.717, 1.165) is 25.7 Å². The largest absolute Gasteiger partial charge is 0.324 e. The Morgan fingerprint density at radius 2 is 1.89 bits per heavy atom. The summed E-state index contributed by atoms with van der Waals surface area (Å²) in [5, 5.41) is 13.6. The Morgan fingerprint density at radius 3 is 2.71 bits per heavy atom. The minimum absolute atomic E-state index is 0.182. The van der Waals surface area contributed by atoms with Crippen molar-refractivity contribution in [1.82, 2.24) is 9.97 Å². The first-order valence-electron chi connectivity index (χ1n) is 8.46. The van der Waals surface area contributed by atoms with Gasteiger partial charge in [0.05, 0.1) is 17.0 Å². The number of fused-ring (bicyclic) bond motifs is 1. The summed E-state index contributed by atoms with van der Waals surface area (Å²) in [6, 6.07) is 21.2. The summed E-state index contributed by atoms with van der Waals surface area (Å²) >= 11 is 2.97. The number of carbonyl (C=O) groups excluding carboxylic acids is 1. The standard InChI is InChI=1S/C21H14N4OS2/c22-11-15-8-4-5-9-17(15)25-19(26)12-27-20-16-10-18(14-6-2-1-3-7-14)28-21(16)24-13-23-20/h1-10,13H,12H2,(H,25,26). The van der Waals surface area contributed by atoms with Crippen molar-refractivity contribution in [1.29, 1.82) is 5.26 Å². The van der Waals surface area contributed by atoms with E-state index in [1.165, 1.54) is 18.1 Å². The van der Waals surface area contributed by atoms with Crippen LogP contribution in [0.2, 0.25) is 0 Å². The monoisotopic (exact) mass is 402 g/mol. The number of anilines is 1. The third-order valence-electron chi connectivity index (χ3n) is 4.01. The number of para-hydroxylation sites is 1. The van der Waals surface area contributed by atoms with Gasteiger partial charge in [0.15, 0.2) is 0 Å². The number of amides is 1. The SMILES string of the molecule is N#Cc1ccccc1NC(=O)CSc1ncnc2sc(-c3ccccc3)cc12. The van der Waals surface area contributed by atoms with E-state index in [4.69, 9.17) is 5.26 Å². The molecule has 1 N–H and O–H groups in total. The predicted octanol–water partition coefficient (Wildman–Crippen LogP) is 4.96. The molecule has 0 aliphatic rings. The van der Waals surface area contributed by atoms with Gasteiger partial charge in [0.2, 0.25) is 5.91 Å². The Hall–Kier alpha value is -3.21. The van der Waals surface area contributed by atoms with Gasteiger partial charge in [0, 0.05) is 10.3 Å². The molecule has 0 radical (unpaired) electrons. The molecule has 4 rings (SSSR count). The Bertz CT molecular complexity index is 1180. The highest BCUT2D eigenvalue weighted by Gasteiger charge is 2.13. The number of rotatable bonds is 5. The van der Waals surface area contributed by atoms with Crippen molar-refractivity contribution < 1.29 is 4.79 Å². The molecule has 0 spiro atoms. The summed E-state index contributed by atoms with van der Waals surface area (Å²) in [4.78, 5) is 23.1. The van der Waals surface area contributed by atoms with E-state index in [-0.39, 0.29) is 11.7 Å². The summed E-state index contributed by atoms with van der Waals surface area (Å²) in [5.74, 6) is 0.0144. The van der Waals surface area contributed by atoms with Crippen LogP contribution >= 0.6 is 23.1 Å². The first-order valence-corrected chi connectivity index (χ1v) is 10.3. The number of hydrogen-bond acceptors (Lipinski definition) is 6. The summed E-state index contributed by atoms with van der Waals surface area (Å²) in [5.41, 5.74) is 2.09. The second kappa shape index (κ2) is 8.21. The zero-order valence-corrected chi connectivity index (χ0v) is 16.3. The lowest BCUT2D eigenvalue weighted by molar-refractivity contribution is -0.113. The molecular formula is C21H14N4OS2. The molecule has 2 aromatic carbocycles. The normalized spacial score (nSPS) is 10.5. The van der Waals surface area contributed by atoms with Crippen LogP contribution in [0.3, 0.4) is 0 Å². The molecule has 2 heterocycles. The van der Waals surface area contributed by atoms with Gasteiger partial charge in [-0.3, -0.25) is 4.79 Å². The summed E-state index contributed by atoms with van der Waals surface area (Å²) in [7, 11) is 0. The van der Waals surface area contributed by atoms with E-state index in [1.807, 2.05) is 18.2 Å². The number of carbonyl (C=O) groups is 1. The smallest absolute Gasteiger partial charge is 0.234 e. The summed E-state index contributed by atoms with van der Waals surface area (Å²) < 4.78 is 0. The van der Waals surface area contributed by atoms with Crippen molar-refractivity contribution in [3.8, 4) is 16.5 Å². The van der Waals surface area contributed by atoms with Crippen LogP contribution in [0.4, 0.5) is 5.69 Å². The van der Waals surface area contributed by atoms with Crippen LogP contribution in [-0.4, -0.2) is 21.6 Å². The van der Waals surface area contributed by atoms with Crippen molar-refractivity contribution in [3.63, 3.8) is 0 Å². The van der Waals surface area contributed by atoms with Crippen molar-refractivity contribution in [2.75, 3.05) is 11.1 Å². The minimum atomic E-state index is -0.182. The maximum absolute atomic E-state index is 12.3. The van der Waals surface area contributed by atoms with Crippen LogP contribution in [-0.2, 0) is 4.79 Å². The molecule has 2 aromatic heterocycles. The van der Waals surface area contributed by atoms with Crippen LogP contribution in [0.1, 0.15) is 5.56 Å². The van der Waals surface area contributed by atoms with E-state index in [0.29, 0.717) is 11.3 Å². The lowest BCUT2D eigenvalue weighted by Gasteiger charge is -2.06. The summed E-state index contributed by atoms with van der Waals surface area (Å²) in [6.07, 6.45) is 1.53. The van der Waals surface area contributed by atoms with E-state index in [2.05, 4.69) is 39.6 Å². The van der Waals surface area contributed by atoms with Crippen molar-refractivity contribution in [2.45, 2.75) is 5.03 Å². The van der Waals surface area contributed by atoms with Crippen molar-refractivity contribution in [3.05, 3.63) is 72.6 Å². The topological polar surface area (TPSA) is 78.7 Å². The molecule has 7 heteroatoms. The quantitative estimate of drug-likeness (QED) is 0.377. The second-order valence-corrected chi connectivity index (χ2v) is 7.86. The van der Waals surface area contributed by atoms with E-state index >= 15 is 0 Å². The first-order chi connectivity index (χ1) is 13.7. The lowest BCUT2D eigenvalue weighted by Crippen LogP contribution is -2.15. The van der Waals surface area contributed by atoms with Crippen molar-refractivity contribution >= 4 is 44.9 Å². The second-order valence-electron chi connectivity index (χ2n) is 5.87. The average Bonchev–Trinajstić information content (AvgIpc) is 3.18. The number of benzene rings is 2. The van der Waals surface area contributed by atoms with Gasteiger partial charge in [-0.1, -0.05) is 54.2 Å². The Kier molecular flexibility index (Phi) is 5.33. The zero-order chi connectivity index (χ0) is 19.3. The van der Waals surface area contributed by atoms with Crippen LogP contribution in [0.25, 0.3) is 20.7 Å². The molecule has 28 heavy (non-hydrogen) atoms. The van der Waals surface area contributed by atoms with Gasteiger partial charge >= 0.3 is 0 Å². The molecule has 0 saturated carbocycles. The Labute approximate surface area is 170 Å². The highest BCUT2D eigenvalue weighted by atomic mass is 32.2.